The first kappa shape index (κ1) is 13.1. The molecule has 0 fully saturated rings. The molecule has 0 spiro atoms. The molecule has 5 heteroatoms. The van der Waals surface area contributed by atoms with Gasteiger partial charge in [-0.25, -0.2) is 4.98 Å². The number of amides is 1. The highest BCUT2D eigenvalue weighted by atomic mass is 32.2. The van der Waals surface area contributed by atoms with Crippen LogP contribution >= 0.6 is 23.1 Å². The summed E-state index contributed by atoms with van der Waals surface area (Å²) in [6.45, 7) is 1.91. The summed E-state index contributed by atoms with van der Waals surface area (Å²) in [6, 6.07) is 10.1. The monoisotopic (exact) mass is 278 g/mol. The smallest absolute Gasteiger partial charge is 0.226 e. The van der Waals surface area contributed by atoms with E-state index < -0.39 is 0 Å². The first-order chi connectivity index (χ1) is 8.74. The Morgan fingerprint density at radius 3 is 2.83 bits per heavy atom. The first-order valence-electron chi connectivity index (χ1n) is 5.64. The molecule has 1 aromatic carbocycles. The molecule has 94 valence electrons. The van der Waals surface area contributed by atoms with E-state index in [2.05, 4.69) is 10.3 Å². The van der Waals surface area contributed by atoms with Gasteiger partial charge < -0.3 is 5.32 Å². The van der Waals surface area contributed by atoms with Crippen LogP contribution in [0.4, 0.5) is 5.13 Å². The van der Waals surface area contributed by atoms with Crippen LogP contribution in [0.2, 0.25) is 0 Å². The van der Waals surface area contributed by atoms with Gasteiger partial charge in [0, 0.05) is 22.4 Å². The molecule has 1 N–H and O–H groups in total. The lowest BCUT2D eigenvalue weighted by atomic mass is 10.4. The molecular weight excluding hydrogens is 264 g/mol. The summed E-state index contributed by atoms with van der Waals surface area (Å²) in [5, 5.41) is 5.41. The van der Waals surface area contributed by atoms with Crippen molar-refractivity contribution in [1.82, 2.24) is 4.98 Å². The fourth-order valence-corrected chi connectivity index (χ4v) is 2.95. The van der Waals surface area contributed by atoms with Crippen LogP contribution in [0.25, 0.3) is 0 Å². The Kier molecular flexibility index (Phi) is 4.78. The van der Waals surface area contributed by atoms with Gasteiger partial charge in [-0.15, -0.1) is 23.1 Å². The summed E-state index contributed by atoms with van der Waals surface area (Å²) in [6.07, 6.45) is 0.498. The average molecular weight is 278 g/mol. The number of carbonyl (C=O) groups excluding carboxylic acids is 1. The molecule has 0 aliphatic heterocycles. The molecule has 1 aromatic heterocycles. The normalized spacial score (nSPS) is 10.3. The highest BCUT2D eigenvalue weighted by Crippen LogP contribution is 2.19. The molecular formula is C13H14N2OS2. The summed E-state index contributed by atoms with van der Waals surface area (Å²) < 4.78 is 0. The first-order valence-corrected chi connectivity index (χ1v) is 7.50. The molecule has 2 rings (SSSR count). The molecule has 0 radical (unpaired) electrons. The number of aromatic nitrogens is 1. The third-order valence-electron chi connectivity index (χ3n) is 2.21. The van der Waals surface area contributed by atoms with Crippen molar-refractivity contribution < 1.29 is 4.79 Å². The molecule has 3 nitrogen and oxygen atoms in total. The van der Waals surface area contributed by atoms with Gasteiger partial charge in [-0.3, -0.25) is 4.79 Å². The number of rotatable bonds is 5. The lowest BCUT2D eigenvalue weighted by Gasteiger charge is -2.02. The van der Waals surface area contributed by atoms with Gasteiger partial charge in [-0.1, -0.05) is 18.2 Å². The van der Waals surface area contributed by atoms with E-state index in [1.807, 2.05) is 42.6 Å². The second-order valence-corrected chi connectivity index (χ2v) is 5.78. The summed E-state index contributed by atoms with van der Waals surface area (Å²) >= 11 is 3.14. The number of nitrogens with one attached hydrogen (secondary N) is 1. The van der Waals surface area contributed by atoms with Crippen molar-refractivity contribution in [3.63, 3.8) is 0 Å². The lowest BCUT2D eigenvalue weighted by Crippen LogP contribution is -2.11. The number of thioether (sulfide) groups is 1. The number of nitrogens with zero attached hydrogens (tertiary/aromatic N) is 1. The molecule has 0 atom stereocenters. The minimum atomic E-state index is 0.0211. The van der Waals surface area contributed by atoms with E-state index in [1.165, 1.54) is 16.2 Å². The molecule has 0 aliphatic carbocycles. The van der Waals surface area contributed by atoms with Crippen molar-refractivity contribution in [3.8, 4) is 0 Å². The standard InChI is InChI=1S/C13H14N2OS2/c1-10-9-18-13(14-10)15-12(16)7-8-17-11-5-3-2-4-6-11/h2-6,9H,7-8H2,1H3,(H,14,15,16). The van der Waals surface area contributed by atoms with Gasteiger partial charge in [-0.05, 0) is 19.1 Å². The summed E-state index contributed by atoms with van der Waals surface area (Å²) in [7, 11) is 0. The maximum absolute atomic E-state index is 11.7. The van der Waals surface area contributed by atoms with Crippen LogP contribution in [-0.4, -0.2) is 16.6 Å². The summed E-state index contributed by atoms with van der Waals surface area (Å²) in [4.78, 5) is 17.0. The number of carbonyl (C=O) groups is 1. The van der Waals surface area contributed by atoms with Gasteiger partial charge in [0.2, 0.25) is 5.91 Å². The van der Waals surface area contributed by atoms with E-state index >= 15 is 0 Å². The van der Waals surface area contributed by atoms with E-state index in [-0.39, 0.29) is 5.91 Å². The van der Waals surface area contributed by atoms with Crippen molar-refractivity contribution >= 4 is 34.1 Å². The average Bonchev–Trinajstić information content (AvgIpc) is 2.76. The predicted octanol–water partition coefficient (Wildman–Crippen LogP) is 3.57. The second-order valence-electron chi connectivity index (χ2n) is 3.75. The van der Waals surface area contributed by atoms with Gasteiger partial charge in [0.25, 0.3) is 0 Å². The molecule has 1 heterocycles. The SMILES string of the molecule is Cc1csc(NC(=O)CCSc2ccccc2)n1. The molecule has 0 unspecified atom stereocenters. The number of hydrogen-bond donors (Lipinski definition) is 1. The van der Waals surface area contributed by atoms with Crippen LogP contribution in [-0.2, 0) is 4.79 Å². The predicted molar refractivity (Wildman–Crippen MR) is 77.3 cm³/mol. The maximum atomic E-state index is 11.7. The minimum Gasteiger partial charge on any atom is -0.302 e. The van der Waals surface area contributed by atoms with Crippen LogP contribution in [0.15, 0.2) is 40.6 Å². The molecule has 2 aromatic rings. The fraction of sp³-hybridized carbons (Fsp3) is 0.231. The van der Waals surface area contributed by atoms with Gasteiger partial charge in [0.1, 0.15) is 0 Å². The molecule has 0 aliphatic rings. The fourth-order valence-electron chi connectivity index (χ4n) is 1.37. The van der Waals surface area contributed by atoms with E-state index in [9.17, 15) is 4.79 Å². The van der Waals surface area contributed by atoms with Crippen LogP contribution in [0.5, 0.6) is 0 Å². The van der Waals surface area contributed by atoms with E-state index in [4.69, 9.17) is 0 Å². The van der Waals surface area contributed by atoms with Crippen LogP contribution in [0, 0.1) is 6.92 Å². The largest absolute Gasteiger partial charge is 0.302 e. The lowest BCUT2D eigenvalue weighted by molar-refractivity contribution is -0.115. The Balaban J connectivity index is 1.72. The summed E-state index contributed by atoms with van der Waals surface area (Å²) in [5.41, 5.74) is 0.939. The zero-order valence-corrected chi connectivity index (χ0v) is 11.7. The number of aryl methyl sites for hydroxylation is 1. The number of thiazole rings is 1. The van der Waals surface area contributed by atoms with Crippen molar-refractivity contribution in [2.24, 2.45) is 0 Å². The quantitative estimate of drug-likeness (QED) is 0.850. The molecule has 0 saturated heterocycles. The van der Waals surface area contributed by atoms with Crippen LogP contribution in [0.1, 0.15) is 12.1 Å². The number of benzene rings is 1. The van der Waals surface area contributed by atoms with Crippen molar-refractivity contribution in [2.75, 3.05) is 11.1 Å². The Labute approximate surface area is 115 Å². The van der Waals surface area contributed by atoms with E-state index in [0.717, 1.165) is 11.4 Å². The third-order valence-corrected chi connectivity index (χ3v) is 4.10. The highest BCUT2D eigenvalue weighted by molar-refractivity contribution is 7.99. The van der Waals surface area contributed by atoms with Gasteiger partial charge in [0.05, 0.1) is 5.69 Å². The Bertz CT molecular complexity index is 511. The van der Waals surface area contributed by atoms with Gasteiger partial charge in [0.15, 0.2) is 5.13 Å². The summed E-state index contributed by atoms with van der Waals surface area (Å²) in [5.74, 6) is 0.799. The van der Waals surface area contributed by atoms with Gasteiger partial charge in [-0.2, -0.15) is 0 Å². The van der Waals surface area contributed by atoms with Crippen LogP contribution in [0.3, 0.4) is 0 Å². The molecule has 0 bridgehead atoms. The Morgan fingerprint density at radius 2 is 2.17 bits per heavy atom. The number of anilines is 1. The maximum Gasteiger partial charge on any atom is 0.226 e. The van der Waals surface area contributed by atoms with E-state index in [1.54, 1.807) is 11.8 Å². The zero-order valence-electron chi connectivity index (χ0n) is 10.1. The highest BCUT2D eigenvalue weighted by Gasteiger charge is 2.05. The topological polar surface area (TPSA) is 42.0 Å². The molecule has 0 saturated carbocycles. The van der Waals surface area contributed by atoms with Crippen LogP contribution < -0.4 is 5.32 Å². The molecule has 1 amide bonds. The second kappa shape index (κ2) is 6.56. The van der Waals surface area contributed by atoms with Gasteiger partial charge >= 0.3 is 0 Å². The Morgan fingerprint density at radius 1 is 1.39 bits per heavy atom. The zero-order chi connectivity index (χ0) is 12.8. The number of hydrogen-bond acceptors (Lipinski definition) is 4. The van der Waals surface area contributed by atoms with Crippen molar-refractivity contribution in [3.05, 3.63) is 41.4 Å². The molecule has 18 heavy (non-hydrogen) atoms. The van der Waals surface area contributed by atoms with Crippen molar-refractivity contribution in [2.45, 2.75) is 18.2 Å². The minimum absolute atomic E-state index is 0.0211. The third kappa shape index (κ3) is 4.16. The Hall–Kier alpha value is -1.33. The van der Waals surface area contributed by atoms with Crippen molar-refractivity contribution in [1.29, 1.82) is 0 Å². The van der Waals surface area contributed by atoms with E-state index in [0.29, 0.717) is 11.6 Å².